The van der Waals surface area contributed by atoms with Gasteiger partial charge in [-0.3, -0.25) is 4.79 Å². The van der Waals surface area contributed by atoms with E-state index in [9.17, 15) is 4.79 Å². The number of aromatic nitrogens is 1. The van der Waals surface area contributed by atoms with Crippen molar-refractivity contribution in [2.45, 2.75) is 6.54 Å². The Bertz CT molecular complexity index is 597. The van der Waals surface area contributed by atoms with Gasteiger partial charge >= 0.3 is 0 Å². The number of halogens is 2. The molecule has 0 saturated heterocycles. The van der Waals surface area contributed by atoms with Crippen LogP contribution in [0.5, 0.6) is 0 Å². The van der Waals surface area contributed by atoms with Crippen LogP contribution in [-0.4, -0.2) is 22.8 Å². The number of carbonyl (C=O) groups excluding carboxylic acids is 1. The highest BCUT2D eigenvalue weighted by atomic mass is 79.9. The van der Waals surface area contributed by atoms with Crippen molar-refractivity contribution < 1.29 is 4.79 Å². The first-order valence-corrected chi connectivity index (χ1v) is 7.42. The largest absolute Gasteiger partial charge is 0.384 e. The van der Waals surface area contributed by atoms with E-state index in [2.05, 4.69) is 20.9 Å². The van der Waals surface area contributed by atoms with Crippen LogP contribution >= 0.6 is 38.9 Å². The molecule has 0 unspecified atom stereocenters. The van der Waals surface area contributed by atoms with Crippen LogP contribution in [0.1, 0.15) is 15.2 Å². The minimum atomic E-state index is -0.138. The fourth-order valence-corrected chi connectivity index (χ4v) is 3.32. The van der Waals surface area contributed by atoms with Gasteiger partial charge in [-0.05, 0) is 34.1 Å². The normalized spacial score (nSPS) is 10.5. The molecular weight excluding hydrogens is 350 g/mol. The fraction of sp³-hybridized carbons (Fsp3) is 0.167. The summed E-state index contributed by atoms with van der Waals surface area (Å²) in [5.41, 5.74) is 6.02. The number of pyridine rings is 1. The number of rotatable bonds is 3. The summed E-state index contributed by atoms with van der Waals surface area (Å²) in [7, 11) is 1.74. The third kappa shape index (κ3) is 3.68. The highest BCUT2D eigenvalue weighted by Gasteiger charge is 2.14. The molecule has 2 rings (SSSR count). The predicted molar refractivity (Wildman–Crippen MR) is 81.5 cm³/mol. The summed E-state index contributed by atoms with van der Waals surface area (Å²) in [6, 6.07) is 5.03. The molecule has 19 heavy (non-hydrogen) atoms. The van der Waals surface area contributed by atoms with Gasteiger partial charge in [0, 0.05) is 27.3 Å². The molecule has 1 amide bonds. The SMILES string of the molecule is CN(Cc1cc(Br)cs1)C(=O)c1cc(N)nc(Cl)c1. The minimum Gasteiger partial charge on any atom is -0.384 e. The van der Waals surface area contributed by atoms with Crippen molar-refractivity contribution in [2.24, 2.45) is 0 Å². The maximum Gasteiger partial charge on any atom is 0.254 e. The van der Waals surface area contributed by atoms with Crippen LogP contribution in [0.15, 0.2) is 28.1 Å². The molecule has 0 bridgehead atoms. The second kappa shape index (κ2) is 5.90. The highest BCUT2D eigenvalue weighted by molar-refractivity contribution is 9.10. The zero-order valence-electron chi connectivity index (χ0n) is 10.1. The second-order valence-corrected chi connectivity index (χ2v) is 6.29. The first kappa shape index (κ1) is 14.3. The number of thiophene rings is 1. The zero-order chi connectivity index (χ0) is 14.0. The summed E-state index contributed by atoms with van der Waals surface area (Å²) in [6.45, 7) is 0.537. The van der Waals surface area contributed by atoms with Gasteiger partial charge in [-0.25, -0.2) is 4.98 Å². The van der Waals surface area contributed by atoms with E-state index in [-0.39, 0.29) is 16.9 Å². The van der Waals surface area contributed by atoms with Gasteiger partial charge in [-0.1, -0.05) is 11.6 Å². The van der Waals surface area contributed by atoms with Crippen LogP contribution in [-0.2, 0) is 6.54 Å². The quantitative estimate of drug-likeness (QED) is 0.853. The van der Waals surface area contributed by atoms with Crippen molar-refractivity contribution in [1.29, 1.82) is 0 Å². The van der Waals surface area contributed by atoms with Crippen LogP contribution in [0.25, 0.3) is 0 Å². The maximum absolute atomic E-state index is 12.2. The van der Waals surface area contributed by atoms with Crippen molar-refractivity contribution in [2.75, 3.05) is 12.8 Å². The molecule has 0 atom stereocenters. The zero-order valence-corrected chi connectivity index (χ0v) is 13.2. The number of nitrogens with zero attached hydrogens (tertiary/aromatic N) is 2. The number of anilines is 1. The van der Waals surface area contributed by atoms with E-state index < -0.39 is 0 Å². The van der Waals surface area contributed by atoms with Gasteiger partial charge in [0.25, 0.3) is 5.91 Å². The number of hydrogen-bond acceptors (Lipinski definition) is 4. The Kier molecular flexibility index (Phi) is 4.44. The first-order valence-electron chi connectivity index (χ1n) is 5.37. The van der Waals surface area contributed by atoms with Crippen LogP contribution in [0.4, 0.5) is 5.82 Å². The van der Waals surface area contributed by atoms with Gasteiger partial charge in [0.2, 0.25) is 0 Å². The van der Waals surface area contributed by atoms with E-state index in [1.165, 1.54) is 12.1 Å². The van der Waals surface area contributed by atoms with Crippen LogP contribution in [0.3, 0.4) is 0 Å². The third-order valence-corrected chi connectivity index (χ3v) is 4.30. The van der Waals surface area contributed by atoms with E-state index in [1.807, 2.05) is 11.4 Å². The summed E-state index contributed by atoms with van der Waals surface area (Å²) in [5.74, 6) is 0.101. The molecule has 0 aliphatic heterocycles. The average Bonchev–Trinajstić information content (AvgIpc) is 2.72. The van der Waals surface area contributed by atoms with Crippen LogP contribution < -0.4 is 5.73 Å². The van der Waals surface area contributed by atoms with Crippen molar-refractivity contribution in [3.8, 4) is 0 Å². The number of nitrogens with two attached hydrogens (primary N) is 1. The molecule has 2 aromatic rings. The highest BCUT2D eigenvalue weighted by Crippen LogP contribution is 2.22. The van der Waals surface area contributed by atoms with E-state index in [1.54, 1.807) is 23.3 Å². The summed E-state index contributed by atoms with van der Waals surface area (Å²) in [6.07, 6.45) is 0. The molecule has 0 aliphatic carbocycles. The Morgan fingerprint density at radius 1 is 1.53 bits per heavy atom. The molecule has 4 nitrogen and oxygen atoms in total. The molecule has 0 radical (unpaired) electrons. The van der Waals surface area contributed by atoms with Gasteiger partial charge in [0.1, 0.15) is 11.0 Å². The molecule has 0 spiro atoms. The standard InChI is InChI=1S/C12H11BrClN3OS/c1-17(5-9-4-8(13)6-19-9)12(18)7-2-10(14)16-11(15)3-7/h2-4,6H,5H2,1H3,(H2,15,16). The number of amides is 1. The Labute approximate surface area is 128 Å². The molecule has 0 aromatic carbocycles. The van der Waals surface area contributed by atoms with Crippen LogP contribution in [0.2, 0.25) is 5.15 Å². The fourth-order valence-electron chi connectivity index (χ4n) is 1.60. The Hall–Kier alpha value is -1.11. The lowest BCUT2D eigenvalue weighted by molar-refractivity contribution is 0.0786. The number of carbonyl (C=O) groups is 1. The lowest BCUT2D eigenvalue weighted by Crippen LogP contribution is -2.26. The van der Waals surface area contributed by atoms with Gasteiger partial charge in [0.05, 0.1) is 6.54 Å². The summed E-state index contributed by atoms with van der Waals surface area (Å²) < 4.78 is 1.02. The topological polar surface area (TPSA) is 59.2 Å². The van der Waals surface area contributed by atoms with E-state index >= 15 is 0 Å². The first-order chi connectivity index (χ1) is 8.95. The van der Waals surface area contributed by atoms with Crippen molar-refractivity contribution >= 4 is 50.6 Å². The van der Waals surface area contributed by atoms with Crippen molar-refractivity contribution in [3.63, 3.8) is 0 Å². The molecular formula is C12H11BrClN3OS. The average molecular weight is 361 g/mol. The number of hydrogen-bond donors (Lipinski definition) is 1. The Balaban J connectivity index is 2.14. The maximum atomic E-state index is 12.2. The molecule has 2 aromatic heterocycles. The van der Waals surface area contributed by atoms with Crippen LogP contribution in [0, 0.1) is 0 Å². The molecule has 7 heteroatoms. The van der Waals surface area contributed by atoms with Gasteiger partial charge in [-0.2, -0.15) is 0 Å². The minimum absolute atomic E-state index is 0.138. The molecule has 0 saturated carbocycles. The summed E-state index contributed by atoms with van der Waals surface area (Å²) in [5, 5.41) is 2.20. The van der Waals surface area contributed by atoms with E-state index in [0.717, 1.165) is 9.35 Å². The van der Waals surface area contributed by atoms with Gasteiger partial charge in [-0.15, -0.1) is 11.3 Å². The lowest BCUT2D eigenvalue weighted by atomic mass is 10.2. The number of nitrogen functional groups attached to an aromatic ring is 1. The molecule has 0 aliphatic rings. The monoisotopic (exact) mass is 359 g/mol. The lowest BCUT2D eigenvalue weighted by Gasteiger charge is -2.16. The summed E-state index contributed by atoms with van der Waals surface area (Å²) >= 11 is 10.8. The summed E-state index contributed by atoms with van der Waals surface area (Å²) in [4.78, 5) is 18.8. The van der Waals surface area contributed by atoms with Gasteiger partial charge in [0.15, 0.2) is 0 Å². The molecule has 2 heterocycles. The van der Waals surface area contributed by atoms with Crippen molar-refractivity contribution in [1.82, 2.24) is 9.88 Å². The predicted octanol–water partition coefficient (Wildman–Crippen LogP) is 3.41. The second-order valence-electron chi connectivity index (χ2n) is 4.00. The van der Waals surface area contributed by atoms with Gasteiger partial charge < -0.3 is 10.6 Å². The molecule has 0 fully saturated rings. The van der Waals surface area contributed by atoms with Crippen molar-refractivity contribution in [3.05, 3.63) is 43.6 Å². The molecule has 2 N–H and O–H groups in total. The van der Waals surface area contributed by atoms with E-state index in [4.69, 9.17) is 17.3 Å². The smallest absolute Gasteiger partial charge is 0.254 e. The molecule has 100 valence electrons. The third-order valence-electron chi connectivity index (χ3n) is 2.42. The van der Waals surface area contributed by atoms with E-state index in [0.29, 0.717) is 12.1 Å². The Morgan fingerprint density at radius 3 is 2.84 bits per heavy atom. The Morgan fingerprint density at radius 2 is 2.26 bits per heavy atom.